The van der Waals surface area contributed by atoms with Crippen molar-refractivity contribution >= 4 is 33.4 Å². The summed E-state index contributed by atoms with van der Waals surface area (Å²) in [5.41, 5.74) is 0. The number of hydrogen-bond acceptors (Lipinski definition) is 11. The van der Waals surface area contributed by atoms with E-state index in [9.17, 15) is 33.5 Å². The zero-order chi connectivity index (χ0) is 42.6. The van der Waals surface area contributed by atoms with Gasteiger partial charge in [0.1, 0.15) is 12.7 Å². The third kappa shape index (κ3) is 40.3. The molecule has 57 heavy (non-hydrogen) atoms. The second kappa shape index (κ2) is 35.7. The van der Waals surface area contributed by atoms with Gasteiger partial charge in [-0.1, -0.05) is 134 Å². The fourth-order valence-corrected chi connectivity index (χ4v) is 6.35. The summed E-state index contributed by atoms with van der Waals surface area (Å²) in [7, 11) is -9.76. The fraction of sp³-hybridized carbons (Fsp3) is 0.732. The van der Waals surface area contributed by atoms with Gasteiger partial charge in [-0.25, -0.2) is 9.13 Å². The molecule has 0 aliphatic carbocycles. The van der Waals surface area contributed by atoms with Crippen LogP contribution in [0.2, 0.25) is 0 Å². The lowest BCUT2D eigenvalue weighted by Gasteiger charge is -2.20. The maximum Gasteiger partial charge on any atom is 0.472 e. The Morgan fingerprint density at radius 1 is 0.614 bits per heavy atom. The highest BCUT2D eigenvalue weighted by Crippen LogP contribution is 2.43. The van der Waals surface area contributed by atoms with Gasteiger partial charge in [0.25, 0.3) is 0 Å². The molecule has 0 amide bonds. The van der Waals surface area contributed by atoms with E-state index < -0.39 is 66.2 Å². The van der Waals surface area contributed by atoms with Gasteiger partial charge in [-0.2, -0.15) is 0 Å². The summed E-state index contributed by atoms with van der Waals surface area (Å²) in [4.78, 5) is 64.8. The van der Waals surface area contributed by atoms with Crippen molar-refractivity contribution in [2.24, 2.45) is 5.92 Å². The normalized spacial score (nSPS) is 14.6. The maximum atomic E-state index is 12.6. The van der Waals surface area contributed by atoms with Crippen LogP contribution < -0.4 is 0 Å². The molecule has 0 aromatic rings. The van der Waals surface area contributed by atoms with E-state index in [1.807, 2.05) is 6.08 Å². The number of ketones is 1. The average molecular weight is 851 g/mol. The van der Waals surface area contributed by atoms with Crippen LogP contribution in [0.4, 0.5) is 0 Å². The van der Waals surface area contributed by atoms with Gasteiger partial charge >= 0.3 is 27.6 Å². The number of allylic oxidation sites excluding steroid dienone is 8. The molecule has 0 aliphatic rings. The number of aliphatic hydroxyl groups excluding tert-OH is 1. The third-order valence-electron chi connectivity index (χ3n) is 8.36. The van der Waals surface area contributed by atoms with Crippen molar-refractivity contribution < 1.29 is 66.3 Å². The van der Waals surface area contributed by atoms with Gasteiger partial charge in [-0.05, 0) is 50.5 Å². The minimum absolute atomic E-state index is 0.0755. The maximum absolute atomic E-state index is 12.6. The average Bonchev–Trinajstić information content (AvgIpc) is 3.14. The van der Waals surface area contributed by atoms with Gasteiger partial charge in [-0.3, -0.25) is 28.0 Å². The molecule has 0 bridgehead atoms. The molecule has 3 atom stereocenters. The Morgan fingerprint density at radius 3 is 1.84 bits per heavy atom. The molecule has 0 saturated carbocycles. The zero-order valence-corrected chi connectivity index (χ0v) is 36.4. The smallest absolute Gasteiger partial charge is 0.462 e. The molecule has 1 unspecified atom stereocenters. The molecule has 0 aliphatic heterocycles. The molecule has 0 heterocycles. The van der Waals surface area contributed by atoms with Crippen LogP contribution >= 0.6 is 15.6 Å². The first-order valence-electron chi connectivity index (χ1n) is 20.6. The lowest BCUT2D eigenvalue weighted by atomic mass is 10.0. The predicted molar refractivity (Wildman–Crippen MR) is 221 cm³/mol. The van der Waals surface area contributed by atoms with Crippen LogP contribution in [-0.2, 0) is 46.6 Å². The van der Waals surface area contributed by atoms with Crippen LogP contribution in [-0.4, -0.2) is 76.1 Å². The van der Waals surface area contributed by atoms with Crippen molar-refractivity contribution in [1.29, 1.82) is 0 Å². The Kier molecular flexibility index (Phi) is 34.3. The molecular weight excluding hydrogens is 778 g/mol. The number of phosphoric acid groups is 2. The Morgan fingerprint density at radius 2 is 1.19 bits per heavy atom. The number of carbonyl (C=O) groups is 3. The summed E-state index contributed by atoms with van der Waals surface area (Å²) < 4.78 is 47.4. The summed E-state index contributed by atoms with van der Waals surface area (Å²) in [6, 6.07) is 0. The highest BCUT2D eigenvalue weighted by Gasteiger charge is 2.28. The van der Waals surface area contributed by atoms with Gasteiger partial charge in [0.05, 0.1) is 19.8 Å². The summed E-state index contributed by atoms with van der Waals surface area (Å²) in [6.07, 6.45) is 30.0. The third-order valence-corrected chi connectivity index (χ3v) is 9.80. The van der Waals surface area contributed by atoms with Crippen LogP contribution in [0.3, 0.4) is 0 Å². The summed E-state index contributed by atoms with van der Waals surface area (Å²) >= 11 is 0. The highest BCUT2D eigenvalue weighted by molar-refractivity contribution is 7.47. The van der Waals surface area contributed by atoms with Crippen LogP contribution in [0, 0.1) is 5.92 Å². The zero-order valence-electron chi connectivity index (χ0n) is 34.6. The highest BCUT2D eigenvalue weighted by atomic mass is 31.2. The standard InChI is InChI=1S/C41H72O14P2/c1-4-5-6-7-8-9-10-11-12-15-18-21-24-28-37(42)29-26-31-41(45)55-39(35-54-57(49,50)53-33-38(43)32-52-56(46,47)48)34-51-40(44)30-25-22-19-16-13-14-17-20-23-27-36(2)3/h8-9,11-12,18,21,24,28,36,38-39,43H,4-7,10,13-17,19-20,22-23,25-27,29-35H2,1-3H3,(H,49,50)(H2,46,47,48)/b9-8-,12-11-,21-18-,28-24+/t38-,39+/m0/s1. The molecule has 0 radical (unpaired) electrons. The molecule has 0 fully saturated rings. The van der Waals surface area contributed by atoms with E-state index in [0.29, 0.717) is 6.42 Å². The Balaban J connectivity index is 4.76. The number of hydrogen-bond donors (Lipinski definition) is 4. The molecule has 0 aromatic heterocycles. The van der Waals surface area contributed by atoms with Crippen molar-refractivity contribution in [1.82, 2.24) is 0 Å². The first kappa shape index (κ1) is 54.8. The molecule has 4 N–H and O–H groups in total. The van der Waals surface area contributed by atoms with Gasteiger partial charge in [-0.15, -0.1) is 0 Å². The monoisotopic (exact) mass is 850 g/mol. The van der Waals surface area contributed by atoms with Gasteiger partial charge < -0.3 is 29.3 Å². The van der Waals surface area contributed by atoms with Crippen LogP contribution in [0.1, 0.15) is 149 Å². The number of ether oxygens (including phenoxy) is 2. The van der Waals surface area contributed by atoms with Crippen LogP contribution in [0.25, 0.3) is 0 Å². The van der Waals surface area contributed by atoms with E-state index in [-0.39, 0.29) is 31.5 Å². The quantitative estimate of drug-likeness (QED) is 0.0114. The Labute approximate surface area is 341 Å². The fourth-order valence-electron chi connectivity index (χ4n) is 5.19. The SMILES string of the molecule is CCCCC/C=C\C/C=C\C/C=C\C=C\C(=O)CCCC(=O)O[C@H](COC(=O)CCCCCCCCCCCC(C)C)COP(=O)(O)OC[C@@H](O)COP(=O)(O)O. The number of carbonyl (C=O) groups excluding carboxylic acids is 3. The van der Waals surface area contributed by atoms with E-state index in [0.717, 1.165) is 50.9 Å². The van der Waals surface area contributed by atoms with Crippen molar-refractivity contribution in [3.63, 3.8) is 0 Å². The molecule has 14 nitrogen and oxygen atoms in total. The number of rotatable bonds is 38. The van der Waals surface area contributed by atoms with Crippen molar-refractivity contribution in [2.75, 3.05) is 26.4 Å². The summed E-state index contributed by atoms with van der Waals surface area (Å²) in [5.74, 6) is -0.729. The first-order chi connectivity index (χ1) is 27.1. The van der Waals surface area contributed by atoms with E-state index in [1.165, 1.54) is 57.4 Å². The Hall–Kier alpha value is -2.25. The lowest BCUT2D eigenvalue weighted by molar-refractivity contribution is -0.161. The summed E-state index contributed by atoms with van der Waals surface area (Å²) in [6.45, 7) is 3.71. The number of aliphatic hydroxyl groups is 1. The minimum Gasteiger partial charge on any atom is -0.462 e. The largest absolute Gasteiger partial charge is 0.472 e. The number of esters is 2. The van der Waals surface area contributed by atoms with Crippen molar-refractivity contribution in [3.8, 4) is 0 Å². The topological polar surface area (TPSA) is 212 Å². The summed E-state index contributed by atoms with van der Waals surface area (Å²) in [5, 5.41) is 9.72. The molecule has 0 saturated heterocycles. The Bertz CT molecular complexity index is 1270. The van der Waals surface area contributed by atoms with Crippen LogP contribution in [0.5, 0.6) is 0 Å². The van der Waals surface area contributed by atoms with E-state index in [4.69, 9.17) is 23.8 Å². The number of unbranched alkanes of at least 4 members (excludes halogenated alkanes) is 11. The second-order valence-corrected chi connectivity index (χ2v) is 17.1. The van der Waals surface area contributed by atoms with E-state index in [1.54, 1.807) is 12.2 Å². The predicted octanol–water partition coefficient (Wildman–Crippen LogP) is 9.32. The number of phosphoric ester groups is 2. The molecule has 0 aromatic carbocycles. The van der Waals surface area contributed by atoms with E-state index >= 15 is 0 Å². The second-order valence-electron chi connectivity index (χ2n) is 14.4. The molecule has 0 spiro atoms. The van der Waals surface area contributed by atoms with Crippen molar-refractivity contribution in [2.45, 2.75) is 161 Å². The van der Waals surface area contributed by atoms with E-state index in [2.05, 4.69) is 54.1 Å². The minimum atomic E-state index is -4.89. The molecule has 0 rings (SSSR count). The van der Waals surface area contributed by atoms with Gasteiger partial charge in [0.2, 0.25) is 0 Å². The molecule has 16 heteroatoms. The molecule has 330 valence electrons. The van der Waals surface area contributed by atoms with Crippen LogP contribution in [0.15, 0.2) is 48.6 Å². The molecular formula is C41H72O14P2. The van der Waals surface area contributed by atoms with Gasteiger partial charge in [0, 0.05) is 19.3 Å². The van der Waals surface area contributed by atoms with Gasteiger partial charge in [0.15, 0.2) is 11.9 Å². The lowest BCUT2D eigenvalue weighted by Crippen LogP contribution is -2.30. The van der Waals surface area contributed by atoms with Crippen molar-refractivity contribution in [3.05, 3.63) is 48.6 Å². The first-order valence-corrected chi connectivity index (χ1v) is 23.7.